The Balaban J connectivity index is 1.21. The molecule has 5 nitrogen and oxygen atoms in total. The minimum atomic E-state index is 0.535. The summed E-state index contributed by atoms with van der Waals surface area (Å²) >= 11 is 5.50. The first-order valence-corrected chi connectivity index (χ1v) is 11.5. The van der Waals surface area contributed by atoms with Gasteiger partial charge in [-0.15, -0.1) is 0 Å². The minimum absolute atomic E-state index is 0.535. The molecule has 3 saturated heterocycles. The number of nitrogens with zero attached hydrogens (tertiary/aromatic N) is 3. The van der Waals surface area contributed by atoms with Crippen LogP contribution in [0.25, 0.3) is 11.3 Å². The molecule has 2 N–H and O–H groups in total. The van der Waals surface area contributed by atoms with E-state index in [4.69, 9.17) is 17.3 Å². The van der Waals surface area contributed by atoms with E-state index in [9.17, 15) is 0 Å². The fraction of sp³-hybridized carbons (Fsp3) is 0.360. The normalized spacial score (nSPS) is 24.7. The monoisotopic (exact) mass is 431 g/mol. The molecular formula is C25H29N5S. The number of benzene rings is 2. The van der Waals surface area contributed by atoms with Gasteiger partial charge < -0.3 is 10.6 Å². The third-order valence-electron chi connectivity index (χ3n) is 6.77. The van der Waals surface area contributed by atoms with Crippen molar-refractivity contribution in [2.24, 2.45) is 13.0 Å². The van der Waals surface area contributed by atoms with Crippen molar-refractivity contribution < 1.29 is 0 Å². The van der Waals surface area contributed by atoms with Gasteiger partial charge in [0.05, 0.1) is 5.69 Å². The second-order valence-electron chi connectivity index (χ2n) is 8.68. The zero-order valence-electron chi connectivity index (χ0n) is 17.9. The van der Waals surface area contributed by atoms with E-state index in [0.717, 1.165) is 24.5 Å². The highest BCUT2D eigenvalue weighted by Gasteiger charge is 2.41. The van der Waals surface area contributed by atoms with Gasteiger partial charge in [0.25, 0.3) is 0 Å². The van der Waals surface area contributed by atoms with Crippen LogP contribution in [0.15, 0.2) is 66.7 Å². The van der Waals surface area contributed by atoms with Gasteiger partial charge in [0, 0.05) is 49.0 Å². The Labute approximate surface area is 189 Å². The van der Waals surface area contributed by atoms with Crippen molar-refractivity contribution in [3.63, 3.8) is 0 Å². The molecule has 1 aromatic heterocycles. The molecule has 31 heavy (non-hydrogen) atoms. The largest absolute Gasteiger partial charge is 0.361 e. The molecule has 0 saturated carbocycles. The molecule has 3 aliphatic rings. The van der Waals surface area contributed by atoms with Crippen LogP contribution in [0.1, 0.15) is 24.5 Å². The molecular weight excluding hydrogens is 402 g/mol. The summed E-state index contributed by atoms with van der Waals surface area (Å²) in [6.07, 6.45) is 2.47. The number of para-hydroxylation sites is 1. The fourth-order valence-corrected chi connectivity index (χ4v) is 5.37. The van der Waals surface area contributed by atoms with E-state index in [2.05, 4.69) is 63.7 Å². The first-order valence-electron chi connectivity index (χ1n) is 11.1. The highest BCUT2D eigenvalue weighted by molar-refractivity contribution is 7.80. The SMILES string of the molecule is Cn1nc(-c2ccccc2)cc1[C@@H]1CN2CC[C@H]1C[C@@H]2CNC(=S)Nc1ccccc1. The lowest BCUT2D eigenvalue weighted by molar-refractivity contribution is 0.0303. The third kappa shape index (κ3) is 4.36. The summed E-state index contributed by atoms with van der Waals surface area (Å²) in [7, 11) is 2.09. The Morgan fingerprint density at radius 1 is 1.10 bits per heavy atom. The lowest BCUT2D eigenvalue weighted by atomic mass is 9.74. The number of rotatable bonds is 5. The summed E-state index contributed by atoms with van der Waals surface area (Å²) in [5.74, 6) is 1.25. The second kappa shape index (κ2) is 8.81. The number of aromatic nitrogens is 2. The smallest absolute Gasteiger partial charge is 0.170 e. The predicted octanol–water partition coefficient (Wildman–Crippen LogP) is 4.25. The first kappa shape index (κ1) is 20.2. The van der Waals surface area contributed by atoms with Crippen LogP contribution in [0, 0.1) is 5.92 Å². The molecule has 3 aromatic rings. The van der Waals surface area contributed by atoms with Gasteiger partial charge in [-0.3, -0.25) is 9.58 Å². The molecule has 0 radical (unpaired) electrons. The van der Waals surface area contributed by atoms with E-state index in [-0.39, 0.29) is 0 Å². The zero-order chi connectivity index (χ0) is 21.2. The quantitative estimate of drug-likeness (QED) is 0.592. The molecule has 2 aromatic carbocycles. The van der Waals surface area contributed by atoms with E-state index < -0.39 is 0 Å². The van der Waals surface area contributed by atoms with E-state index in [1.165, 1.54) is 30.6 Å². The molecule has 6 heteroatoms. The molecule has 2 bridgehead atoms. The van der Waals surface area contributed by atoms with Crippen molar-refractivity contribution in [2.75, 3.05) is 25.0 Å². The van der Waals surface area contributed by atoms with Gasteiger partial charge in [0.1, 0.15) is 0 Å². The number of thiocarbonyl (C=S) groups is 1. The fourth-order valence-electron chi connectivity index (χ4n) is 5.17. The Kier molecular flexibility index (Phi) is 5.74. The molecule has 4 atom stereocenters. The van der Waals surface area contributed by atoms with Gasteiger partial charge >= 0.3 is 0 Å². The summed E-state index contributed by atoms with van der Waals surface area (Å²) in [5, 5.41) is 12.2. The summed E-state index contributed by atoms with van der Waals surface area (Å²) < 4.78 is 2.10. The van der Waals surface area contributed by atoms with Gasteiger partial charge in [0.15, 0.2) is 5.11 Å². The zero-order valence-corrected chi connectivity index (χ0v) is 18.7. The number of piperidine rings is 3. The van der Waals surface area contributed by atoms with Crippen LogP contribution in [0.2, 0.25) is 0 Å². The Hall–Kier alpha value is -2.70. The molecule has 6 rings (SSSR count). The maximum Gasteiger partial charge on any atom is 0.170 e. The standard InChI is InChI=1S/C25H29N5S/c1-29-24(15-23(28-29)18-8-4-2-5-9-18)22-17-30-13-12-19(22)14-21(30)16-26-25(31)27-20-10-6-3-7-11-20/h2-11,15,19,21-22H,12-14,16-17H2,1H3,(H2,26,27,31)/t19-,21+,22+/m0/s1. The van der Waals surface area contributed by atoms with Crippen LogP contribution in [0.5, 0.6) is 0 Å². The molecule has 0 amide bonds. The summed E-state index contributed by atoms with van der Waals surface area (Å²) in [5.41, 5.74) is 4.65. The Morgan fingerprint density at radius 2 is 1.84 bits per heavy atom. The minimum Gasteiger partial charge on any atom is -0.361 e. The molecule has 1 unspecified atom stereocenters. The van der Waals surface area contributed by atoms with Crippen molar-refractivity contribution in [3.8, 4) is 11.3 Å². The lowest BCUT2D eigenvalue weighted by Crippen LogP contribution is -2.56. The van der Waals surface area contributed by atoms with Crippen LogP contribution in [0.4, 0.5) is 5.69 Å². The van der Waals surface area contributed by atoms with Gasteiger partial charge in [-0.1, -0.05) is 48.5 Å². The molecule has 0 aliphatic carbocycles. The number of hydrogen-bond donors (Lipinski definition) is 2. The molecule has 3 fully saturated rings. The number of anilines is 1. The molecule has 160 valence electrons. The van der Waals surface area contributed by atoms with Crippen molar-refractivity contribution in [1.29, 1.82) is 0 Å². The number of hydrogen-bond acceptors (Lipinski definition) is 3. The van der Waals surface area contributed by atoms with Gasteiger partial charge in [-0.25, -0.2) is 0 Å². The Morgan fingerprint density at radius 3 is 2.55 bits per heavy atom. The van der Waals surface area contributed by atoms with Crippen LogP contribution >= 0.6 is 12.2 Å². The highest BCUT2D eigenvalue weighted by Crippen LogP contribution is 2.42. The number of aryl methyl sites for hydroxylation is 1. The Bertz CT molecular complexity index is 1030. The maximum atomic E-state index is 5.50. The summed E-state index contributed by atoms with van der Waals surface area (Å²) in [6, 6.07) is 23.4. The topological polar surface area (TPSA) is 45.1 Å². The van der Waals surface area contributed by atoms with Gasteiger partial charge in [0.2, 0.25) is 0 Å². The average molecular weight is 432 g/mol. The summed E-state index contributed by atoms with van der Waals surface area (Å²) in [6.45, 7) is 3.17. The van der Waals surface area contributed by atoms with Crippen molar-refractivity contribution in [1.82, 2.24) is 20.0 Å². The number of fused-ring (bicyclic) bond motifs is 3. The van der Waals surface area contributed by atoms with Crippen LogP contribution < -0.4 is 10.6 Å². The van der Waals surface area contributed by atoms with Crippen LogP contribution in [-0.2, 0) is 7.05 Å². The number of nitrogens with one attached hydrogen (secondary N) is 2. The first-order chi connectivity index (χ1) is 15.2. The van der Waals surface area contributed by atoms with E-state index in [1.807, 2.05) is 30.3 Å². The third-order valence-corrected chi connectivity index (χ3v) is 7.02. The van der Waals surface area contributed by atoms with Crippen molar-refractivity contribution in [3.05, 3.63) is 72.4 Å². The van der Waals surface area contributed by atoms with Gasteiger partial charge in [-0.05, 0) is 55.7 Å². The molecule has 3 aliphatic heterocycles. The van der Waals surface area contributed by atoms with Crippen molar-refractivity contribution in [2.45, 2.75) is 24.8 Å². The van der Waals surface area contributed by atoms with Crippen molar-refractivity contribution >= 4 is 23.0 Å². The maximum absolute atomic E-state index is 5.50. The molecule has 4 heterocycles. The van der Waals surface area contributed by atoms with Crippen LogP contribution in [-0.4, -0.2) is 45.5 Å². The summed E-state index contributed by atoms with van der Waals surface area (Å²) in [4.78, 5) is 2.64. The second-order valence-corrected chi connectivity index (χ2v) is 9.09. The average Bonchev–Trinajstić information content (AvgIpc) is 3.21. The van der Waals surface area contributed by atoms with Crippen LogP contribution in [0.3, 0.4) is 0 Å². The highest BCUT2D eigenvalue weighted by atomic mass is 32.1. The molecule has 0 spiro atoms. The van der Waals surface area contributed by atoms with E-state index in [0.29, 0.717) is 23.0 Å². The van der Waals surface area contributed by atoms with Gasteiger partial charge in [-0.2, -0.15) is 5.10 Å². The van der Waals surface area contributed by atoms with E-state index >= 15 is 0 Å². The predicted molar refractivity (Wildman–Crippen MR) is 130 cm³/mol. The lowest BCUT2D eigenvalue weighted by Gasteiger charge is -2.50. The van der Waals surface area contributed by atoms with E-state index in [1.54, 1.807) is 0 Å².